The van der Waals surface area contributed by atoms with Crippen molar-refractivity contribution in [2.45, 2.75) is 6.92 Å². The lowest BCUT2D eigenvalue weighted by molar-refractivity contribution is -0.132. The van der Waals surface area contributed by atoms with E-state index < -0.39 is 11.9 Å². The topological polar surface area (TPSA) is 83.4 Å². The Balaban J connectivity index is 1.54. The summed E-state index contributed by atoms with van der Waals surface area (Å²) in [7, 11) is 1.47. The van der Waals surface area contributed by atoms with Gasteiger partial charge in [0.25, 0.3) is 0 Å². The Morgan fingerprint density at radius 2 is 1.66 bits per heavy atom. The van der Waals surface area contributed by atoms with Crippen LogP contribution in [0, 0.1) is 0 Å². The van der Waals surface area contributed by atoms with Crippen molar-refractivity contribution in [1.82, 2.24) is 0 Å². The summed E-state index contributed by atoms with van der Waals surface area (Å²) < 4.78 is 21.4. The number of carbonyl (C=O) groups is 2. The van der Waals surface area contributed by atoms with Gasteiger partial charge in [-0.1, -0.05) is 24.3 Å². The smallest absolute Gasteiger partial charge is 0.363 e. The van der Waals surface area contributed by atoms with Gasteiger partial charge < -0.3 is 18.9 Å². The summed E-state index contributed by atoms with van der Waals surface area (Å²) in [6.07, 6.45) is 1.55. The molecule has 0 aromatic heterocycles. The molecule has 0 N–H and O–H groups in total. The minimum Gasteiger partial charge on any atom is -0.493 e. The molecule has 3 aromatic carbocycles. The highest BCUT2D eigenvalue weighted by molar-refractivity contribution is 6.12. The van der Waals surface area contributed by atoms with Gasteiger partial charge in [0.2, 0.25) is 5.90 Å². The minimum absolute atomic E-state index is 0.128. The van der Waals surface area contributed by atoms with E-state index in [2.05, 4.69) is 4.99 Å². The van der Waals surface area contributed by atoms with E-state index >= 15 is 0 Å². The molecular formula is C25H19NO6. The predicted octanol–water partition coefficient (Wildman–Crippen LogP) is 4.76. The van der Waals surface area contributed by atoms with E-state index in [0.717, 1.165) is 5.75 Å². The van der Waals surface area contributed by atoms with E-state index in [0.29, 0.717) is 22.6 Å². The van der Waals surface area contributed by atoms with Gasteiger partial charge in [0.05, 0.1) is 7.11 Å². The fraction of sp³-hybridized carbons (Fsp3) is 0.0800. The molecule has 0 saturated carbocycles. The molecule has 1 heterocycles. The molecule has 7 heteroatoms. The highest BCUT2D eigenvalue weighted by Crippen LogP contribution is 2.30. The third-order valence-electron chi connectivity index (χ3n) is 4.45. The van der Waals surface area contributed by atoms with Crippen LogP contribution in [0.1, 0.15) is 18.1 Å². The van der Waals surface area contributed by atoms with Gasteiger partial charge in [-0.05, 0) is 60.2 Å². The molecule has 0 bridgehead atoms. The monoisotopic (exact) mass is 429 g/mol. The molecule has 0 amide bonds. The van der Waals surface area contributed by atoms with Crippen LogP contribution in [0.25, 0.3) is 6.08 Å². The fourth-order valence-electron chi connectivity index (χ4n) is 3.00. The second-order valence-corrected chi connectivity index (χ2v) is 6.78. The number of methoxy groups -OCH3 is 1. The minimum atomic E-state index is -0.575. The number of hydrogen-bond acceptors (Lipinski definition) is 7. The molecule has 0 radical (unpaired) electrons. The van der Waals surface area contributed by atoms with Crippen molar-refractivity contribution in [3.63, 3.8) is 0 Å². The van der Waals surface area contributed by atoms with Crippen LogP contribution in [0.15, 0.2) is 83.5 Å². The summed E-state index contributed by atoms with van der Waals surface area (Å²) in [6.45, 7) is 1.30. The largest absolute Gasteiger partial charge is 0.493 e. The molecule has 0 aliphatic carbocycles. The van der Waals surface area contributed by atoms with Gasteiger partial charge in [0, 0.05) is 12.5 Å². The molecule has 160 valence electrons. The molecule has 7 nitrogen and oxygen atoms in total. The summed E-state index contributed by atoms with van der Waals surface area (Å²) in [4.78, 5) is 27.9. The van der Waals surface area contributed by atoms with Crippen molar-refractivity contribution in [1.29, 1.82) is 0 Å². The summed E-state index contributed by atoms with van der Waals surface area (Å²) >= 11 is 0. The Morgan fingerprint density at radius 1 is 0.938 bits per heavy atom. The van der Waals surface area contributed by atoms with E-state index in [1.807, 2.05) is 30.3 Å². The molecule has 1 aliphatic rings. The van der Waals surface area contributed by atoms with Crippen molar-refractivity contribution >= 4 is 23.9 Å². The van der Waals surface area contributed by atoms with Crippen LogP contribution in [-0.2, 0) is 14.3 Å². The number of esters is 2. The summed E-state index contributed by atoms with van der Waals surface area (Å²) in [5.41, 5.74) is 1.37. The molecule has 4 rings (SSSR count). The maximum atomic E-state index is 12.3. The van der Waals surface area contributed by atoms with Gasteiger partial charge in [-0.2, -0.15) is 0 Å². The van der Waals surface area contributed by atoms with Crippen molar-refractivity contribution in [2.75, 3.05) is 7.11 Å². The van der Waals surface area contributed by atoms with Crippen LogP contribution < -0.4 is 14.2 Å². The number of nitrogens with zero attached hydrogens (tertiary/aromatic N) is 1. The van der Waals surface area contributed by atoms with Crippen LogP contribution in [0.4, 0.5) is 0 Å². The Hall–Kier alpha value is -4.39. The predicted molar refractivity (Wildman–Crippen MR) is 118 cm³/mol. The van der Waals surface area contributed by atoms with E-state index in [4.69, 9.17) is 18.9 Å². The molecule has 0 spiro atoms. The van der Waals surface area contributed by atoms with Crippen LogP contribution in [0.2, 0.25) is 0 Å². The van der Waals surface area contributed by atoms with Crippen molar-refractivity contribution in [2.24, 2.45) is 4.99 Å². The second-order valence-electron chi connectivity index (χ2n) is 6.78. The standard InChI is InChI=1S/C25H19NO6/c1-16(27)30-23-15-17(8-13-22(23)29-2)14-21-25(28)32-24(26-21)18-9-11-20(12-10-18)31-19-6-4-3-5-7-19/h3-15H,1-2H3/b21-14+. The summed E-state index contributed by atoms with van der Waals surface area (Å²) in [5, 5.41) is 0. The van der Waals surface area contributed by atoms with Crippen LogP contribution in [-0.4, -0.2) is 24.9 Å². The molecule has 3 aromatic rings. The Bertz CT molecular complexity index is 1210. The van der Waals surface area contributed by atoms with Crippen molar-refractivity contribution in [3.05, 3.63) is 89.6 Å². The average Bonchev–Trinajstić information content (AvgIpc) is 3.15. The quantitative estimate of drug-likeness (QED) is 0.319. The van der Waals surface area contributed by atoms with E-state index in [1.165, 1.54) is 14.0 Å². The number of ether oxygens (including phenoxy) is 4. The normalized spacial score (nSPS) is 14.0. The van der Waals surface area contributed by atoms with Gasteiger partial charge in [-0.15, -0.1) is 0 Å². The zero-order valence-electron chi connectivity index (χ0n) is 17.4. The van der Waals surface area contributed by atoms with Crippen molar-refractivity contribution in [3.8, 4) is 23.0 Å². The molecule has 32 heavy (non-hydrogen) atoms. The van der Waals surface area contributed by atoms with Gasteiger partial charge in [-0.3, -0.25) is 4.79 Å². The Labute approximate surface area is 184 Å². The summed E-state index contributed by atoms with van der Waals surface area (Å²) in [5.74, 6) is 1.17. The number of cyclic esters (lactones) is 1. The van der Waals surface area contributed by atoms with Crippen LogP contribution in [0.3, 0.4) is 0 Å². The zero-order chi connectivity index (χ0) is 22.5. The highest BCUT2D eigenvalue weighted by atomic mass is 16.6. The third-order valence-corrected chi connectivity index (χ3v) is 4.45. The van der Waals surface area contributed by atoms with Gasteiger partial charge >= 0.3 is 11.9 Å². The fourth-order valence-corrected chi connectivity index (χ4v) is 3.00. The second kappa shape index (κ2) is 9.18. The number of benzene rings is 3. The first-order chi connectivity index (χ1) is 15.5. The number of hydrogen-bond donors (Lipinski definition) is 0. The van der Waals surface area contributed by atoms with Gasteiger partial charge in [0.1, 0.15) is 11.5 Å². The van der Waals surface area contributed by atoms with E-state index in [1.54, 1.807) is 48.5 Å². The van der Waals surface area contributed by atoms with Crippen molar-refractivity contribution < 1.29 is 28.5 Å². The molecule has 1 aliphatic heterocycles. The number of para-hydroxylation sites is 1. The van der Waals surface area contributed by atoms with Gasteiger partial charge in [-0.25, -0.2) is 9.79 Å². The molecule has 0 atom stereocenters. The Morgan fingerprint density at radius 3 is 2.34 bits per heavy atom. The lowest BCUT2D eigenvalue weighted by Crippen LogP contribution is -2.05. The van der Waals surface area contributed by atoms with E-state index in [9.17, 15) is 9.59 Å². The first-order valence-corrected chi connectivity index (χ1v) is 9.74. The third kappa shape index (κ3) is 4.84. The molecule has 0 unspecified atom stereocenters. The van der Waals surface area contributed by atoms with Gasteiger partial charge in [0.15, 0.2) is 17.2 Å². The average molecular weight is 429 g/mol. The van der Waals surface area contributed by atoms with E-state index in [-0.39, 0.29) is 17.3 Å². The molecule has 0 saturated heterocycles. The molecule has 0 fully saturated rings. The lowest BCUT2D eigenvalue weighted by Gasteiger charge is -2.08. The Kier molecular flexibility index (Phi) is 5.98. The maximum absolute atomic E-state index is 12.3. The zero-order valence-corrected chi connectivity index (χ0v) is 17.4. The number of carbonyl (C=O) groups excluding carboxylic acids is 2. The van der Waals surface area contributed by atoms with Crippen LogP contribution >= 0.6 is 0 Å². The number of aliphatic imine (C=N–C) groups is 1. The highest BCUT2D eigenvalue weighted by Gasteiger charge is 2.24. The maximum Gasteiger partial charge on any atom is 0.363 e. The molecular weight excluding hydrogens is 410 g/mol. The first-order valence-electron chi connectivity index (χ1n) is 9.74. The first kappa shape index (κ1) is 20.9. The lowest BCUT2D eigenvalue weighted by atomic mass is 10.1. The SMILES string of the molecule is COc1ccc(/C=C2/N=C(c3ccc(Oc4ccccc4)cc3)OC2=O)cc1OC(C)=O. The number of rotatable bonds is 6. The van der Waals surface area contributed by atoms with Crippen LogP contribution in [0.5, 0.6) is 23.0 Å². The summed E-state index contributed by atoms with van der Waals surface area (Å²) in [6, 6.07) is 21.4.